The van der Waals surface area contributed by atoms with E-state index in [1.54, 1.807) is 7.11 Å². The summed E-state index contributed by atoms with van der Waals surface area (Å²) in [7, 11) is 1.73. The Labute approximate surface area is 82.3 Å². The van der Waals surface area contributed by atoms with Gasteiger partial charge in [0.25, 0.3) is 0 Å². The number of rotatable bonds is 6. The zero-order valence-corrected chi connectivity index (χ0v) is 9.68. The molecule has 0 radical (unpaired) electrons. The molecule has 0 bridgehead atoms. The molecule has 0 fully saturated rings. The van der Waals surface area contributed by atoms with E-state index < -0.39 is 5.60 Å². The standard InChI is InChI=1S/C11H24O2/c1-6-11(4,12)9-7-8-10(2,3)13-5/h12H,6-9H2,1-5H3. The van der Waals surface area contributed by atoms with Gasteiger partial charge in [-0.3, -0.25) is 0 Å². The van der Waals surface area contributed by atoms with Crippen LogP contribution in [0.2, 0.25) is 0 Å². The first-order chi connectivity index (χ1) is 5.83. The van der Waals surface area contributed by atoms with Gasteiger partial charge < -0.3 is 9.84 Å². The second-order valence-corrected chi connectivity index (χ2v) is 4.67. The van der Waals surface area contributed by atoms with Crippen molar-refractivity contribution >= 4 is 0 Å². The van der Waals surface area contributed by atoms with E-state index in [-0.39, 0.29) is 5.60 Å². The van der Waals surface area contributed by atoms with Gasteiger partial charge in [-0.1, -0.05) is 6.92 Å². The van der Waals surface area contributed by atoms with Crippen LogP contribution in [0.25, 0.3) is 0 Å². The molecule has 0 aliphatic carbocycles. The molecule has 2 nitrogen and oxygen atoms in total. The van der Waals surface area contributed by atoms with E-state index in [1.165, 1.54) is 0 Å². The summed E-state index contributed by atoms with van der Waals surface area (Å²) in [6.07, 6.45) is 3.69. The lowest BCUT2D eigenvalue weighted by Gasteiger charge is -2.26. The van der Waals surface area contributed by atoms with Gasteiger partial charge >= 0.3 is 0 Å². The molecule has 0 spiro atoms. The Morgan fingerprint density at radius 3 is 2.08 bits per heavy atom. The van der Waals surface area contributed by atoms with Gasteiger partial charge in [0.2, 0.25) is 0 Å². The van der Waals surface area contributed by atoms with E-state index in [9.17, 15) is 5.11 Å². The lowest BCUT2D eigenvalue weighted by molar-refractivity contribution is 0.000414. The van der Waals surface area contributed by atoms with E-state index in [1.807, 2.05) is 13.8 Å². The summed E-state index contributed by atoms with van der Waals surface area (Å²) in [5.74, 6) is 0. The first kappa shape index (κ1) is 12.9. The van der Waals surface area contributed by atoms with E-state index in [0.29, 0.717) is 0 Å². The van der Waals surface area contributed by atoms with E-state index in [0.717, 1.165) is 25.7 Å². The fraction of sp³-hybridized carbons (Fsp3) is 1.00. The average Bonchev–Trinajstić information content (AvgIpc) is 2.04. The van der Waals surface area contributed by atoms with Crippen molar-refractivity contribution in [1.29, 1.82) is 0 Å². The van der Waals surface area contributed by atoms with Crippen molar-refractivity contribution in [3.8, 4) is 0 Å². The Morgan fingerprint density at radius 2 is 1.69 bits per heavy atom. The molecule has 1 atom stereocenters. The second-order valence-electron chi connectivity index (χ2n) is 4.67. The molecule has 2 heteroatoms. The molecule has 0 aromatic heterocycles. The first-order valence-corrected chi connectivity index (χ1v) is 5.10. The molecule has 0 aromatic carbocycles. The van der Waals surface area contributed by atoms with Crippen LogP contribution in [0.3, 0.4) is 0 Å². The van der Waals surface area contributed by atoms with E-state index in [4.69, 9.17) is 4.74 Å². The molecule has 0 saturated heterocycles. The van der Waals surface area contributed by atoms with Crippen LogP contribution in [0, 0.1) is 0 Å². The lowest BCUT2D eigenvalue weighted by atomic mass is 9.92. The monoisotopic (exact) mass is 188 g/mol. The van der Waals surface area contributed by atoms with Gasteiger partial charge in [-0.15, -0.1) is 0 Å². The lowest BCUT2D eigenvalue weighted by Crippen LogP contribution is -2.26. The fourth-order valence-electron chi connectivity index (χ4n) is 1.17. The van der Waals surface area contributed by atoms with Crippen molar-refractivity contribution in [1.82, 2.24) is 0 Å². The zero-order chi connectivity index (χ0) is 10.5. The summed E-state index contributed by atoms with van der Waals surface area (Å²) >= 11 is 0. The van der Waals surface area contributed by atoms with Crippen LogP contribution in [-0.2, 0) is 4.74 Å². The highest BCUT2D eigenvalue weighted by atomic mass is 16.5. The van der Waals surface area contributed by atoms with E-state index in [2.05, 4.69) is 13.8 Å². The molecular formula is C11H24O2. The highest BCUT2D eigenvalue weighted by Gasteiger charge is 2.20. The topological polar surface area (TPSA) is 29.5 Å². The highest BCUT2D eigenvalue weighted by Crippen LogP contribution is 2.22. The van der Waals surface area contributed by atoms with E-state index >= 15 is 0 Å². The van der Waals surface area contributed by atoms with Crippen LogP contribution in [0.5, 0.6) is 0 Å². The smallest absolute Gasteiger partial charge is 0.0622 e. The quantitative estimate of drug-likeness (QED) is 0.694. The third-order valence-corrected chi connectivity index (χ3v) is 2.81. The number of aliphatic hydroxyl groups is 1. The number of hydrogen-bond acceptors (Lipinski definition) is 2. The minimum atomic E-state index is -0.496. The van der Waals surface area contributed by atoms with Crippen molar-refractivity contribution < 1.29 is 9.84 Å². The molecule has 13 heavy (non-hydrogen) atoms. The molecule has 0 aliphatic heterocycles. The number of hydrogen-bond donors (Lipinski definition) is 1. The number of ether oxygens (including phenoxy) is 1. The highest BCUT2D eigenvalue weighted by molar-refractivity contribution is 4.74. The van der Waals surface area contributed by atoms with Crippen molar-refractivity contribution in [2.45, 2.75) is 64.6 Å². The van der Waals surface area contributed by atoms with Crippen LogP contribution in [0.4, 0.5) is 0 Å². The minimum absolute atomic E-state index is 0.0518. The summed E-state index contributed by atoms with van der Waals surface area (Å²) in [5.41, 5.74) is -0.548. The van der Waals surface area contributed by atoms with Gasteiger partial charge in [-0.05, 0) is 46.5 Å². The maximum Gasteiger partial charge on any atom is 0.0622 e. The maximum absolute atomic E-state index is 9.75. The largest absolute Gasteiger partial charge is 0.390 e. The Balaban J connectivity index is 3.68. The van der Waals surface area contributed by atoms with Gasteiger partial charge in [0.15, 0.2) is 0 Å². The van der Waals surface area contributed by atoms with Crippen LogP contribution in [0.1, 0.15) is 53.4 Å². The summed E-state index contributed by atoms with van der Waals surface area (Å²) in [6.45, 7) is 8.07. The zero-order valence-electron chi connectivity index (χ0n) is 9.68. The SMILES string of the molecule is CCC(C)(O)CCCC(C)(C)OC. The number of methoxy groups -OCH3 is 1. The van der Waals surface area contributed by atoms with Gasteiger partial charge in [0, 0.05) is 7.11 Å². The third-order valence-electron chi connectivity index (χ3n) is 2.81. The van der Waals surface area contributed by atoms with Crippen LogP contribution < -0.4 is 0 Å². The van der Waals surface area contributed by atoms with Gasteiger partial charge in [-0.25, -0.2) is 0 Å². The normalized spacial score (nSPS) is 17.1. The second kappa shape index (κ2) is 4.97. The molecule has 0 saturated carbocycles. The minimum Gasteiger partial charge on any atom is -0.390 e. The first-order valence-electron chi connectivity index (χ1n) is 5.10. The van der Waals surface area contributed by atoms with Crippen molar-refractivity contribution in [3.63, 3.8) is 0 Å². The average molecular weight is 188 g/mol. The molecule has 0 aromatic rings. The molecule has 0 rings (SSSR count). The summed E-state index contributed by atoms with van der Waals surface area (Å²) in [5, 5.41) is 9.75. The summed E-state index contributed by atoms with van der Waals surface area (Å²) in [4.78, 5) is 0. The van der Waals surface area contributed by atoms with Gasteiger partial charge in [0.05, 0.1) is 11.2 Å². The van der Waals surface area contributed by atoms with Crippen LogP contribution in [0.15, 0.2) is 0 Å². The Bertz CT molecular complexity index is 123. The summed E-state index contributed by atoms with van der Waals surface area (Å²) in [6, 6.07) is 0. The molecule has 1 unspecified atom stereocenters. The summed E-state index contributed by atoms with van der Waals surface area (Å²) < 4.78 is 5.30. The predicted octanol–water partition coefficient (Wildman–Crippen LogP) is 2.74. The molecule has 0 aliphatic rings. The molecule has 1 N–H and O–H groups in total. The molecule has 0 amide bonds. The maximum atomic E-state index is 9.75. The Kier molecular flexibility index (Phi) is 4.93. The molecule has 80 valence electrons. The van der Waals surface area contributed by atoms with Gasteiger partial charge in [-0.2, -0.15) is 0 Å². The Morgan fingerprint density at radius 1 is 1.15 bits per heavy atom. The van der Waals surface area contributed by atoms with Crippen LogP contribution >= 0.6 is 0 Å². The molecule has 0 heterocycles. The van der Waals surface area contributed by atoms with Crippen molar-refractivity contribution in [2.75, 3.05) is 7.11 Å². The van der Waals surface area contributed by atoms with Gasteiger partial charge in [0.1, 0.15) is 0 Å². The Hall–Kier alpha value is -0.0800. The van der Waals surface area contributed by atoms with Crippen molar-refractivity contribution in [3.05, 3.63) is 0 Å². The van der Waals surface area contributed by atoms with Crippen LogP contribution in [-0.4, -0.2) is 23.4 Å². The fourth-order valence-corrected chi connectivity index (χ4v) is 1.17. The third kappa shape index (κ3) is 6.05. The van der Waals surface area contributed by atoms with Crippen molar-refractivity contribution in [2.24, 2.45) is 0 Å². The molecular weight excluding hydrogens is 164 g/mol. The predicted molar refractivity (Wildman–Crippen MR) is 55.9 cm³/mol.